The van der Waals surface area contributed by atoms with Crippen LogP contribution in [0.15, 0.2) is 388 Å². The first kappa shape index (κ1) is 92.0. The molecule has 16 aromatic rings. The highest BCUT2D eigenvalue weighted by Gasteiger charge is 2.43. The van der Waals surface area contributed by atoms with E-state index in [1.54, 1.807) is 0 Å². The van der Waals surface area contributed by atoms with E-state index >= 15 is 0 Å². The number of para-hydroxylation sites is 8. The lowest BCUT2D eigenvalue weighted by atomic mass is 9.20. The van der Waals surface area contributed by atoms with Crippen LogP contribution in [0.5, 0.6) is 0 Å². The predicted molar refractivity (Wildman–Crippen MR) is 549 cm³/mol. The van der Waals surface area contributed by atoms with Gasteiger partial charge in [0.15, 0.2) is 17.2 Å². The van der Waals surface area contributed by atoms with Gasteiger partial charge in [0.2, 0.25) is 13.4 Å². The van der Waals surface area contributed by atoms with E-state index < -0.39 is 17.2 Å². The van der Waals surface area contributed by atoms with Crippen LogP contribution in [0, 0.1) is 41.5 Å². The minimum atomic E-state index is -0.750. The Morgan fingerprint density at radius 3 is 0.444 bits per heavy atom. The smallest absolute Gasteiger partial charge is 0.240 e. The third-order valence-electron chi connectivity index (χ3n) is 21.6. The second-order valence-corrected chi connectivity index (χ2v) is 37.7. The molecule has 0 bridgehead atoms. The molecule has 0 spiro atoms. The van der Waals surface area contributed by atoms with Gasteiger partial charge in [0.1, 0.15) is 0 Å². The SMILES string of the molecule is Cc1cc(C)c(B2c3cc(-c4ccc(N(c5ccccc5)c5ccccc5)cc4)c(-c4ccc(N(c5ccccc5)c5ccccc5)cc4)cc3B(c3c(C)cc(C)cc3C)c3cc(-c4ccc(N(c5ccccc5)c5ccccc5)cc4)c(-c4ccc(N(c5ccccc5)c5ccccc5)cc4)cc32)c(C)c1.ClC(Cl)Cl.ClC(Cl)Cl.ClC(Cl)Cl.ClC(Cl)Cl. The number of rotatable bonds is 18. The standard InChI is InChI=1S/C102H82B2N4.4CHCl3/c1-71-63-73(3)101(74(4)64-71)103-97-67-93(77-47-55-89(56-48-77)105(81-31-15-7-16-32-81)82-33-17-8-18-34-82)95(79-51-59-91(60-52-79)107(85-39-23-11-24-40-85)86-41-25-12-26-42-86)69-99(97)104(102-75(5)65-72(2)66-76(102)6)100-70-96(80-53-61-92(62-54-80)108(87-43-27-13-28-44-87)88-45-29-14-30-46-88)94(68-98(100)103)78-49-57-90(58-50-78)106(83-35-19-9-20-36-83)84-37-21-10-22-38-84;4*2-1(3)4/h7-70H,1-6H3;4*1H. The third kappa shape index (κ3) is 22.9. The van der Waals surface area contributed by atoms with Crippen LogP contribution in [-0.4, -0.2) is 30.6 Å². The van der Waals surface area contributed by atoms with Gasteiger partial charge >= 0.3 is 0 Å². The molecule has 1 aliphatic rings. The quantitative estimate of drug-likeness (QED) is 0.0627. The summed E-state index contributed by atoms with van der Waals surface area (Å²) in [4.78, 5) is 9.42. The summed E-state index contributed by atoms with van der Waals surface area (Å²) in [6, 6.07) is 143. The number of hydrogen-bond acceptors (Lipinski definition) is 4. The maximum absolute atomic E-state index is 4.81. The van der Waals surface area contributed by atoms with Crippen molar-refractivity contribution in [2.24, 2.45) is 0 Å². The summed E-state index contributed by atoms with van der Waals surface area (Å²) in [5, 5.41) is 0. The largest absolute Gasteiger partial charge is 0.311 e. The summed E-state index contributed by atoms with van der Waals surface area (Å²) >= 11 is 57.7. The van der Waals surface area contributed by atoms with Crippen LogP contribution in [0.1, 0.15) is 33.4 Å². The Labute approximate surface area is 790 Å². The first-order chi connectivity index (χ1) is 60.0. The van der Waals surface area contributed by atoms with Crippen LogP contribution < -0.4 is 52.4 Å². The van der Waals surface area contributed by atoms with Crippen molar-refractivity contribution in [3.63, 3.8) is 0 Å². The molecule has 17 rings (SSSR count). The molecule has 0 aromatic heterocycles. The molecule has 0 N–H and O–H groups in total. The topological polar surface area (TPSA) is 13.0 Å². The second kappa shape index (κ2) is 44.0. The molecular formula is C106H86B2Cl12N4. The van der Waals surface area contributed by atoms with Crippen LogP contribution in [0.25, 0.3) is 44.5 Å². The molecule has 0 amide bonds. The highest BCUT2D eigenvalue weighted by Crippen LogP contribution is 2.44. The van der Waals surface area contributed by atoms with E-state index in [9.17, 15) is 0 Å². The van der Waals surface area contributed by atoms with Crippen LogP contribution >= 0.6 is 139 Å². The third-order valence-corrected chi connectivity index (χ3v) is 21.6. The van der Waals surface area contributed by atoms with Crippen molar-refractivity contribution in [3.8, 4) is 44.5 Å². The zero-order chi connectivity index (χ0) is 87.5. The van der Waals surface area contributed by atoms with Crippen molar-refractivity contribution >= 4 is 254 Å². The molecule has 0 saturated carbocycles. The van der Waals surface area contributed by atoms with Crippen LogP contribution in [0.2, 0.25) is 0 Å². The molecule has 0 unspecified atom stereocenters. The van der Waals surface area contributed by atoms with E-state index in [1.165, 1.54) is 88.4 Å². The van der Waals surface area contributed by atoms with Crippen LogP contribution in [0.4, 0.5) is 68.2 Å². The average Bonchev–Trinajstić information content (AvgIpc) is 0.704. The number of hydrogen-bond donors (Lipinski definition) is 0. The van der Waals surface area contributed by atoms with Gasteiger partial charge in [-0.3, -0.25) is 0 Å². The first-order valence-corrected chi connectivity index (χ1v) is 45.5. The van der Waals surface area contributed by atoms with Gasteiger partial charge in [0, 0.05) is 68.2 Å². The zero-order valence-corrected chi connectivity index (χ0v) is 77.8. The molecular weight excluding hydrogens is 1780 g/mol. The second-order valence-electron chi connectivity index (χ2n) is 29.7. The fraction of sp³-hybridized carbons (Fsp3) is 0.0943. The van der Waals surface area contributed by atoms with Gasteiger partial charge in [-0.15, -0.1) is 0 Å². The molecule has 124 heavy (non-hydrogen) atoms. The summed E-state index contributed by atoms with van der Waals surface area (Å²) in [7, 11) is 0. The minimum absolute atomic E-state index is 0.185. The maximum Gasteiger partial charge on any atom is 0.240 e. The van der Waals surface area contributed by atoms with Gasteiger partial charge in [0.25, 0.3) is 0 Å². The van der Waals surface area contributed by atoms with Crippen molar-refractivity contribution in [2.75, 3.05) is 19.6 Å². The Bertz CT molecular complexity index is 5210. The van der Waals surface area contributed by atoms with Gasteiger partial charge in [-0.25, -0.2) is 0 Å². The van der Waals surface area contributed by atoms with Gasteiger partial charge < -0.3 is 19.6 Å². The molecule has 620 valence electrons. The first-order valence-electron chi connectivity index (χ1n) is 40.2. The van der Waals surface area contributed by atoms with Crippen molar-refractivity contribution in [2.45, 2.75) is 58.7 Å². The monoisotopic (exact) mass is 1860 g/mol. The number of aryl methyl sites for hydroxylation is 6. The molecule has 1 heterocycles. The van der Waals surface area contributed by atoms with Crippen molar-refractivity contribution in [3.05, 3.63) is 422 Å². The highest BCUT2D eigenvalue weighted by atomic mass is 35.6. The maximum atomic E-state index is 4.81. The summed E-state index contributed by atoms with van der Waals surface area (Å²) < 4.78 is -3.00. The molecule has 0 fully saturated rings. The van der Waals surface area contributed by atoms with Crippen molar-refractivity contribution in [1.82, 2.24) is 0 Å². The van der Waals surface area contributed by atoms with Crippen molar-refractivity contribution in [1.29, 1.82) is 0 Å². The van der Waals surface area contributed by atoms with E-state index in [-0.39, 0.29) is 13.4 Å². The predicted octanol–water partition coefficient (Wildman–Crippen LogP) is 31.4. The number of anilines is 12. The lowest BCUT2D eigenvalue weighted by Gasteiger charge is -2.37. The van der Waals surface area contributed by atoms with E-state index in [1.807, 2.05) is 0 Å². The molecule has 18 heteroatoms. The lowest BCUT2D eigenvalue weighted by Crippen LogP contribution is -2.76. The Hall–Kier alpha value is -9.67. The van der Waals surface area contributed by atoms with Crippen LogP contribution in [0.3, 0.4) is 0 Å². The Morgan fingerprint density at radius 2 is 0.306 bits per heavy atom. The summed E-state index contributed by atoms with van der Waals surface area (Å²) in [5.74, 6) is 0. The van der Waals surface area contributed by atoms with E-state index in [0.29, 0.717) is 0 Å². The normalized spacial score (nSPS) is 11.2. The molecule has 0 aliphatic carbocycles. The fourth-order valence-corrected chi connectivity index (χ4v) is 17.0. The molecule has 16 aromatic carbocycles. The molecule has 0 radical (unpaired) electrons. The average molecular weight is 1860 g/mol. The number of fused-ring (bicyclic) bond motifs is 2. The van der Waals surface area contributed by atoms with Gasteiger partial charge in [0.05, 0.1) is 0 Å². The summed E-state index contributed by atoms with van der Waals surface area (Å²) in [6.07, 6.45) is 0. The van der Waals surface area contributed by atoms with Gasteiger partial charge in [-0.1, -0.05) is 448 Å². The summed E-state index contributed by atoms with van der Waals surface area (Å²) in [6.45, 7) is 13.5. The number of halogens is 12. The van der Waals surface area contributed by atoms with E-state index in [2.05, 4.69) is 449 Å². The van der Waals surface area contributed by atoms with Gasteiger partial charge in [-0.05, 0) is 232 Å². The number of benzene rings is 16. The molecule has 0 atom stereocenters. The zero-order valence-electron chi connectivity index (χ0n) is 68.7. The Morgan fingerprint density at radius 1 is 0.177 bits per heavy atom. The molecule has 4 nitrogen and oxygen atoms in total. The highest BCUT2D eigenvalue weighted by molar-refractivity contribution is 7.11. The van der Waals surface area contributed by atoms with Gasteiger partial charge in [-0.2, -0.15) is 0 Å². The van der Waals surface area contributed by atoms with E-state index in [0.717, 1.165) is 90.5 Å². The van der Waals surface area contributed by atoms with Crippen LogP contribution in [-0.2, 0) is 0 Å². The lowest BCUT2D eigenvalue weighted by molar-refractivity contribution is 1.28. The number of alkyl halides is 12. The Kier molecular flexibility index (Phi) is 32.6. The minimum Gasteiger partial charge on any atom is -0.311 e. The number of nitrogens with zero attached hydrogens (tertiary/aromatic N) is 4. The Balaban J connectivity index is 0.000000763. The van der Waals surface area contributed by atoms with E-state index in [4.69, 9.17) is 139 Å². The van der Waals surface area contributed by atoms with Crippen molar-refractivity contribution < 1.29 is 0 Å². The molecule has 1 aliphatic heterocycles. The molecule has 0 saturated heterocycles. The summed E-state index contributed by atoms with van der Waals surface area (Å²) in [5.41, 5.74) is 37.8. The fourth-order valence-electron chi connectivity index (χ4n) is 17.0.